The van der Waals surface area contributed by atoms with Gasteiger partial charge in [-0.2, -0.15) is 8.42 Å². The second-order valence-electron chi connectivity index (χ2n) is 2.59. The Morgan fingerprint density at radius 3 is 2.64 bits per heavy atom. The van der Waals surface area contributed by atoms with E-state index in [1.165, 1.54) is 13.8 Å². The number of imidazole rings is 1. The van der Waals surface area contributed by atoms with Crippen molar-refractivity contribution in [1.29, 1.82) is 0 Å². The highest BCUT2D eigenvalue weighted by Crippen LogP contribution is 2.16. The van der Waals surface area contributed by atoms with Crippen molar-refractivity contribution >= 4 is 15.8 Å². The molecule has 0 amide bonds. The van der Waals surface area contributed by atoms with Crippen molar-refractivity contribution in [2.45, 2.75) is 13.8 Å². The third-order valence-corrected chi connectivity index (χ3v) is 3.44. The molecule has 0 aromatic carbocycles. The Morgan fingerprint density at radius 1 is 1.64 bits per heavy atom. The molecule has 14 heavy (non-hydrogen) atoms. The van der Waals surface area contributed by atoms with E-state index in [9.17, 15) is 18.5 Å². The first-order valence-electron chi connectivity index (χ1n) is 3.82. The summed E-state index contributed by atoms with van der Waals surface area (Å²) in [6, 6.07) is 0. The number of rotatable bonds is 3. The zero-order chi connectivity index (χ0) is 10.9. The second-order valence-corrected chi connectivity index (χ2v) is 4.69. The van der Waals surface area contributed by atoms with Crippen LogP contribution in [0.5, 0.6) is 0 Å². The standard InChI is InChI=1S/C6H9N3O4S/c1-3-14(12,13)8-5(2)7-4-6(8)9(10)11/h4H,3H2,1-2H3. The van der Waals surface area contributed by atoms with Gasteiger partial charge >= 0.3 is 15.8 Å². The fraction of sp³-hybridized carbons (Fsp3) is 0.500. The molecule has 78 valence electrons. The van der Waals surface area contributed by atoms with Crippen molar-refractivity contribution in [3.8, 4) is 0 Å². The van der Waals surface area contributed by atoms with Crippen LogP contribution in [0.1, 0.15) is 12.7 Å². The van der Waals surface area contributed by atoms with Crippen LogP contribution in [0.15, 0.2) is 6.20 Å². The molecule has 0 spiro atoms. The van der Waals surface area contributed by atoms with Crippen molar-refractivity contribution in [3.05, 3.63) is 22.1 Å². The summed E-state index contributed by atoms with van der Waals surface area (Å²) in [6.45, 7) is 2.82. The molecule has 1 aromatic heterocycles. The van der Waals surface area contributed by atoms with E-state index in [4.69, 9.17) is 0 Å². The maximum Gasteiger partial charge on any atom is 0.358 e. The van der Waals surface area contributed by atoms with E-state index in [0.29, 0.717) is 3.97 Å². The second kappa shape index (κ2) is 3.37. The van der Waals surface area contributed by atoms with Crippen molar-refractivity contribution in [1.82, 2.24) is 8.96 Å². The minimum Gasteiger partial charge on any atom is -0.358 e. The molecule has 0 bridgehead atoms. The monoisotopic (exact) mass is 219 g/mol. The minimum atomic E-state index is -3.65. The summed E-state index contributed by atoms with van der Waals surface area (Å²) in [5.41, 5.74) is 0. The first-order valence-corrected chi connectivity index (χ1v) is 5.43. The van der Waals surface area contributed by atoms with Gasteiger partial charge in [-0.25, -0.2) is 4.98 Å². The average molecular weight is 219 g/mol. The summed E-state index contributed by atoms with van der Waals surface area (Å²) < 4.78 is 23.5. The van der Waals surface area contributed by atoms with Crippen molar-refractivity contribution in [2.75, 3.05) is 5.75 Å². The van der Waals surface area contributed by atoms with Crippen molar-refractivity contribution in [3.63, 3.8) is 0 Å². The van der Waals surface area contributed by atoms with E-state index >= 15 is 0 Å². The predicted octanol–water partition coefficient (Wildman–Crippen LogP) is 0.298. The van der Waals surface area contributed by atoms with E-state index < -0.39 is 20.8 Å². The summed E-state index contributed by atoms with van der Waals surface area (Å²) in [5, 5.41) is 10.5. The van der Waals surface area contributed by atoms with Gasteiger partial charge in [-0.15, -0.1) is 0 Å². The molecule has 0 aliphatic heterocycles. The Morgan fingerprint density at radius 2 is 2.21 bits per heavy atom. The van der Waals surface area contributed by atoms with Gasteiger partial charge in [0, 0.05) is 6.92 Å². The molecule has 0 radical (unpaired) electrons. The quantitative estimate of drug-likeness (QED) is 0.538. The number of aryl methyl sites for hydroxylation is 1. The fourth-order valence-electron chi connectivity index (χ4n) is 1.02. The number of hydrogen-bond acceptors (Lipinski definition) is 5. The zero-order valence-electron chi connectivity index (χ0n) is 7.67. The molecule has 0 N–H and O–H groups in total. The molecule has 1 heterocycles. The maximum atomic E-state index is 11.4. The lowest BCUT2D eigenvalue weighted by molar-refractivity contribution is -0.390. The van der Waals surface area contributed by atoms with E-state index in [1.54, 1.807) is 0 Å². The highest BCUT2D eigenvalue weighted by atomic mass is 32.2. The summed E-state index contributed by atoms with van der Waals surface area (Å²) in [4.78, 5) is 13.3. The number of nitrogens with zero attached hydrogens (tertiary/aromatic N) is 3. The van der Waals surface area contributed by atoms with Crippen LogP contribution in [-0.4, -0.2) is 28.1 Å². The summed E-state index contributed by atoms with van der Waals surface area (Å²) in [7, 11) is -3.65. The average Bonchev–Trinajstić information content (AvgIpc) is 2.47. The van der Waals surface area contributed by atoms with Crippen molar-refractivity contribution in [2.24, 2.45) is 0 Å². The normalized spacial score (nSPS) is 11.6. The molecule has 1 aromatic rings. The molecule has 8 heteroatoms. The van der Waals surface area contributed by atoms with Crippen LogP contribution in [0.25, 0.3) is 0 Å². The fourth-order valence-corrected chi connectivity index (χ4v) is 2.12. The Kier molecular flexibility index (Phi) is 2.56. The highest BCUT2D eigenvalue weighted by molar-refractivity contribution is 7.90. The molecule has 0 aliphatic carbocycles. The Balaban J connectivity index is 3.47. The molecule has 0 saturated heterocycles. The van der Waals surface area contributed by atoms with E-state index in [2.05, 4.69) is 4.98 Å². The molecule has 0 aliphatic rings. The van der Waals surface area contributed by atoms with Crippen LogP contribution in [0.2, 0.25) is 0 Å². The van der Waals surface area contributed by atoms with Gasteiger partial charge in [-0.1, -0.05) is 3.97 Å². The van der Waals surface area contributed by atoms with Crippen molar-refractivity contribution < 1.29 is 13.3 Å². The third kappa shape index (κ3) is 1.60. The number of aromatic nitrogens is 2. The van der Waals surface area contributed by atoms with Gasteiger partial charge in [0.05, 0.1) is 5.75 Å². The van der Waals surface area contributed by atoms with Gasteiger partial charge in [-0.05, 0) is 11.8 Å². The molecule has 0 atom stereocenters. The zero-order valence-corrected chi connectivity index (χ0v) is 8.48. The SMILES string of the molecule is CCS(=O)(=O)n1c([N+](=O)[O-])cnc1C. The smallest absolute Gasteiger partial charge is 0.358 e. The van der Waals surface area contributed by atoms with Gasteiger partial charge in [0.1, 0.15) is 6.20 Å². The van der Waals surface area contributed by atoms with Gasteiger partial charge < -0.3 is 10.1 Å². The molecule has 0 fully saturated rings. The summed E-state index contributed by atoms with van der Waals surface area (Å²) in [6.07, 6.45) is 0.933. The third-order valence-electron chi connectivity index (χ3n) is 1.70. The van der Waals surface area contributed by atoms with Crippen LogP contribution in [0.4, 0.5) is 5.82 Å². The van der Waals surface area contributed by atoms with E-state index in [1.807, 2.05) is 0 Å². The summed E-state index contributed by atoms with van der Waals surface area (Å²) in [5.74, 6) is -0.631. The molecule has 0 saturated carbocycles. The first kappa shape index (κ1) is 10.6. The Hall–Kier alpha value is -1.44. The minimum absolute atomic E-state index is 0.0959. The molecule has 7 nitrogen and oxygen atoms in total. The Bertz CT molecular complexity index is 461. The van der Waals surface area contributed by atoms with Gasteiger partial charge in [-0.3, -0.25) is 0 Å². The summed E-state index contributed by atoms with van der Waals surface area (Å²) >= 11 is 0. The topological polar surface area (TPSA) is 95.1 Å². The molecular formula is C6H9N3O4S. The van der Waals surface area contributed by atoms with Crippen LogP contribution in [-0.2, 0) is 10.0 Å². The van der Waals surface area contributed by atoms with Gasteiger partial charge in [0.2, 0.25) is 5.82 Å². The lowest BCUT2D eigenvalue weighted by atomic mass is 10.7. The lowest BCUT2D eigenvalue weighted by Crippen LogP contribution is -2.18. The maximum absolute atomic E-state index is 11.4. The number of nitro groups is 1. The molecule has 0 unspecified atom stereocenters. The first-order chi connectivity index (χ1) is 6.40. The van der Waals surface area contributed by atoms with Crippen LogP contribution >= 0.6 is 0 Å². The molecular weight excluding hydrogens is 210 g/mol. The molecule has 1 rings (SSSR count). The van der Waals surface area contributed by atoms with E-state index in [-0.39, 0.29) is 11.6 Å². The van der Waals surface area contributed by atoms with Crippen LogP contribution in [0, 0.1) is 17.0 Å². The number of hydrogen-bond donors (Lipinski definition) is 0. The highest BCUT2D eigenvalue weighted by Gasteiger charge is 2.27. The predicted molar refractivity (Wildman–Crippen MR) is 48.5 cm³/mol. The Labute approximate surface area is 80.6 Å². The largest absolute Gasteiger partial charge is 0.358 e. The van der Waals surface area contributed by atoms with Crippen LogP contribution < -0.4 is 0 Å². The van der Waals surface area contributed by atoms with Gasteiger partial charge in [0.25, 0.3) is 0 Å². The lowest BCUT2D eigenvalue weighted by Gasteiger charge is -2.00. The van der Waals surface area contributed by atoms with Crippen LogP contribution in [0.3, 0.4) is 0 Å². The van der Waals surface area contributed by atoms with E-state index in [0.717, 1.165) is 6.20 Å². The van der Waals surface area contributed by atoms with Gasteiger partial charge in [0.15, 0.2) is 0 Å².